The lowest BCUT2D eigenvalue weighted by atomic mass is 9.69. The molecule has 4 saturated heterocycles. The minimum Gasteiger partial charge on any atom is -0.508 e. The zero-order valence-electron chi connectivity index (χ0n) is 70.0. The normalized spacial score (nSPS) is 24.0. The molecule has 125 heavy (non-hydrogen) atoms. The fourth-order valence-corrected chi connectivity index (χ4v) is 20.4. The number of phenols is 1. The lowest BCUT2D eigenvalue weighted by Gasteiger charge is -2.36. The summed E-state index contributed by atoms with van der Waals surface area (Å²) in [6, 6.07) is 62.0. The SMILES string of the molecule is O=C1CCC(N2C(=O)c3ccc(N4CCN(CCOC5CCC(Oc6ccc([C@@H]7c8ccc(O)cc8CC[C@@H]7c7ccc(F)cc7)cc6)CC5)CC4)cc3C2=O)C(=O)N1.O=C1CCC(N2C(=O)c3ccc(N4CCN(CCOC5CCC(Oc6ccc([C@@H]7c8ccc(OCc9ccccc9)cc8CC[C@@H]7c7ccc(F)cc7)cc6)CC5)CC4)cc3C2=O)C(=O)N1. The molecule has 9 aromatic carbocycles. The van der Waals surface area contributed by atoms with Crippen molar-refractivity contribution in [2.24, 2.45) is 0 Å². The third-order valence-corrected chi connectivity index (χ3v) is 27.2. The summed E-state index contributed by atoms with van der Waals surface area (Å²) in [6.07, 6.45) is 12.3. The Morgan fingerprint density at radius 1 is 0.368 bits per heavy atom. The number of rotatable bonds is 23. The van der Waals surface area contributed by atoms with E-state index in [0.29, 0.717) is 36.5 Å². The molecule has 0 spiro atoms. The van der Waals surface area contributed by atoms with Gasteiger partial charge < -0.3 is 38.6 Å². The fraction of sp³-hybridized carbons (Fsp3) is 0.386. The molecule has 24 heteroatoms. The van der Waals surface area contributed by atoms with Gasteiger partial charge in [-0.15, -0.1) is 0 Å². The number of piperazine rings is 2. The molecular formula is C101H104F2N8O14. The van der Waals surface area contributed by atoms with Crippen LogP contribution >= 0.6 is 0 Å². The van der Waals surface area contributed by atoms with E-state index >= 15 is 0 Å². The van der Waals surface area contributed by atoms with E-state index in [2.05, 4.69) is 109 Å². The molecule has 8 amide bonds. The molecule has 2 unspecified atom stereocenters. The highest BCUT2D eigenvalue weighted by atomic mass is 19.1. The summed E-state index contributed by atoms with van der Waals surface area (Å²) < 4.78 is 59.8. The number of benzene rings is 9. The van der Waals surface area contributed by atoms with Gasteiger partial charge in [-0.25, -0.2) is 8.78 Å². The maximum absolute atomic E-state index is 14.0. The van der Waals surface area contributed by atoms with Crippen LogP contribution in [0.15, 0.2) is 200 Å². The van der Waals surface area contributed by atoms with Gasteiger partial charge in [0.15, 0.2) is 0 Å². The highest BCUT2D eigenvalue weighted by Gasteiger charge is 2.47. The number of imide groups is 4. The first kappa shape index (κ1) is 83.9. The van der Waals surface area contributed by atoms with Crippen molar-refractivity contribution in [2.75, 3.05) is 88.5 Å². The average molecular weight is 1690 g/mol. The van der Waals surface area contributed by atoms with E-state index in [1.165, 1.54) is 39.9 Å². The van der Waals surface area contributed by atoms with Crippen LogP contribution in [0.5, 0.6) is 23.0 Å². The Morgan fingerprint density at radius 2 is 0.768 bits per heavy atom. The van der Waals surface area contributed by atoms with Gasteiger partial charge in [-0.3, -0.25) is 68.6 Å². The van der Waals surface area contributed by atoms with E-state index in [0.717, 1.165) is 203 Å². The Bertz CT molecular complexity index is 5480. The molecule has 4 aliphatic carbocycles. The molecule has 3 N–H and O–H groups in total. The number of phenolic OH excluding ortho intramolecular Hbond substituents is 1. The molecule has 10 aliphatic rings. The van der Waals surface area contributed by atoms with Crippen molar-refractivity contribution in [3.63, 3.8) is 0 Å². The number of carbonyl (C=O) groups is 8. The van der Waals surface area contributed by atoms with Gasteiger partial charge >= 0.3 is 0 Å². The van der Waals surface area contributed by atoms with Crippen LogP contribution in [0.1, 0.15) is 205 Å². The second-order valence-electron chi connectivity index (χ2n) is 34.8. The molecule has 6 fully saturated rings. The summed E-state index contributed by atoms with van der Waals surface area (Å²) in [5.41, 5.74) is 13.6. The van der Waals surface area contributed by atoms with Crippen molar-refractivity contribution in [2.45, 2.75) is 170 Å². The molecule has 2 saturated carbocycles. The number of aromatic hydroxyl groups is 1. The van der Waals surface area contributed by atoms with Crippen LogP contribution in [0.2, 0.25) is 0 Å². The molecular weight excluding hydrogens is 1590 g/mol. The van der Waals surface area contributed by atoms with Crippen LogP contribution in [-0.2, 0) is 48.1 Å². The first-order chi connectivity index (χ1) is 60.9. The van der Waals surface area contributed by atoms with Gasteiger partial charge in [0.05, 0.1) is 59.9 Å². The summed E-state index contributed by atoms with van der Waals surface area (Å²) in [6.45, 7) is 10.00. The molecule has 6 heterocycles. The van der Waals surface area contributed by atoms with Crippen molar-refractivity contribution in [3.05, 3.63) is 284 Å². The van der Waals surface area contributed by atoms with E-state index in [9.17, 15) is 52.2 Å². The lowest BCUT2D eigenvalue weighted by molar-refractivity contribution is -0.137. The minimum absolute atomic E-state index is 0.0849. The van der Waals surface area contributed by atoms with Gasteiger partial charge in [0.1, 0.15) is 53.3 Å². The number of nitrogens with zero attached hydrogens (tertiary/aromatic N) is 6. The Balaban J connectivity index is 0.000000171. The lowest BCUT2D eigenvalue weighted by Crippen LogP contribution is -2.54. The van der Waals surface area contributed by atoms with E-state index < -0.39 is 59.3 Å². The van der Waals surface area contributed by atoms with E-state index in [1.807, 2.05) is 66.7 Å². The molecule has 22 nitrogen and oxygen atoms in total. The Labute approximate surface area is 726 Å². The molecule has 9 aromatic rings. The standard InChI is InChI=1S/C54H55FN4O7.C47H49FN4O7/c55-39-11-6-36(7-12-39)45-21-10-38-32-44(65-34-35-4-2-1-3-5-35)20-23-46(38)51(45)37-8-14-42(15-9-37)66-43-18-16-41(17-19-43)64-31-30-57-26-28-58(29-27-57)40-13-22-47-48(33-40)54(63)59(53(47)62)49-24-25-50(60)56-52(49)61;48-32-6-1-29(2-7-32)38-16-5-31-27-34(53)9-18-39(31)44(38)30-3-10-36(11-4-30)59-37-14-12-35(13-15-37)58-26-25-50-21-23-51(24-22-50)33-8-17-40-41(28-33)47(57)52(46(40)56)42-19-20-43(54)49-45(42)55/h1-9,11-15,20,22-23,32-33,41,43,45,49,51H,10,16-19,21,24-31,34H2,(H,56,60,61);1-4,6-11,17-18,27-28,35,37-38,42,44,53H,5,12-16,19-26H2,(H,49,54,55)/t41?,43?,45-,49?,51+;35?,37?,38-,42?,44+/m11/s1. The number of hydrogen-bond acceptors (Lipinski definition) is 18. The zero-order chi connectivity index (χ0) is 85.8. The van der Waals surface area contributed by atoms with E-state index in [4.69, 9.17) is 23.7 Å². The molecule has 646 valence electrons. The Morgan fingerprint density at radius 3 is 1.21 bits per heavy atom. The van der Waals surface area contributed by atoms with Crippen molar-refractivity contribution in [3.8, 4) is 23.0 Å². The predicted octanol–water partition coefficient (Wildman–Crippen LogP) is 14.5. The second kappa shape index (κ2) is 37.5. The van der Waals surface area contributed by atoms with Crippen LogP contribution in [0, 0.1) is 11.6 Å². The van der Waals surface area contributed by atoms with Crippen LogP contribution in [0.4, 0.5) is 20.2 Å². The van der Waals surface area contributed by atoms with E-state index in [1.54, 1.807) is 42.5 Å². The minimum atomic E-state index is -0.976. The Kier molecular flexibility index (Phi) is 25.1. The van der Waals surface area contributed by atoms with Crippen LogP contribution in [0.25, 0.3) is 0 Å². The fourth-order valence-electron chi connectivity index (χ4n) is 20.4. The zero-order valence-corrected chi connectivity index (χ0v) is 70.0. The summed E-state index contributed by atoms with van der Waals surface area (Å²) in [5, 5.41) is 14.7. The first-order valence-electron chi connectivity index (χ1n) is 44.5. The van der Waals surface area contributed by atoms with Gasteiger partial charge in [-0.1, -0.05) is 91.0 Å². The number of hydrogen-bond donors (Lipinski definition) is 3. The third-order valence-electron chi connectivity index (χ3n) is 27.2. The second-order valence-corrected chi connectivity index (χ2v) is 34.8. The smallest absolute Gasteiger partial charge is 0.262 e. The molecule has 0 aromatic heterocycles. The number of fused-ring (bicyclic) bond motifs is 4. The van der Waals surface area contributed by atoms with Crippen molar-refractivity contribution >= 4 is 58.6 Å². The number of carbonyl (C=O) groups excluding carboxylic acids is 8. The number of piperidine rings is 2. The van der Waals surface area contributed by atoms with Crippen molar-refractivity contribution < 1.29 is 75.9 Å². The van der Waals surface area contributed by atoms with Gasteiger partial charge in [-0.05, 0) is 261 Å². The summed E-state index contributed by atoms with van der Waals surface area (Å²) in [4.78, 5) is 112. The average Bonchev–Trinajstić information content (AvgIpc) is 1.72. The van der Waals surface area contributed by atoms with Crippen LogP contribution in [0.3, 0.4) is 0 Å². The number of aryl methyl sites for hydroxylation is 2. The first-order valence-corrected chi connectivity index (χ1v) is 44.5. The number of anilines is 2. The highest BCUT2D eigenvalue weighted by molar-refractivity contribution is 6.25. The number of halogens is 2. The van der Waals surface area contributed by atoms with E-state index in [-0.39, 0.29) is 96.7 Å². The monoisotopic (exact) mass is 1690 g/mol. The van der Waals surface area contributed by atoms with Gasteiger partial charge in [-0.2, -0.15) is 0 Å². The summed E-state index contributed by atoms with van der Waals surface area (Å²) in [7, 11) is 0. The predicted molar refractivity (Wildman–Crippen MR) is 466 cm³/mol. The summed E-state index contributed by atoms with van der Waals surface area (Å²) in [5.74, 6) is -0.954. The van der Waals surface area contributed by atoms with Crippen molar-refractivity contribution in [1.82, 2.24) is 30.2 Å². The maximum Gasteiger partial charge on any atom is 0.262 e. The quantitative estimate of drug-likeness (QED) is 0.0504. The van der Waals surface area contributed by atoms with Gasteiger partial charge in [0.25, 0.3) is 23.6 Å². The molecule has 6 atom stereocenters. The number of nitrogens with one attached hydrogen (secondary N) is 2. The Hall–Kier alpha value is -12.0. The third kappa shape index (κ3) is 18.7. The van der Waals surface area contributed by atoms with Gasteiger partial charge in [0.2, 0.25) is 23.6 Å². The molecule has 19 rings (SSSR count). The molecule has 0 radical (unpaired) electrons. The maximum atomic E-state index is 14.0. The van der Waals surface area contributed by atoms with Gasteiger partial charge in [0, 0.05) is 101 Å². The number of ether oxygens (including phenoxy) is 5. The topological polar surface area (TPSA) is 246 Å². The van der Waals surface area contributed by atoms with Crippen LogP contribution < -0.4 is 34.6 Å². The largest absolute Gasteiger partial charge is 0.508 e. The summed E-state index contributed by atoms with van der Waals surface area (Å²) >= 11 is 0. The highest BCUT2D eigenvalue weighted by Crippen LogP contribution is 2.50. The van der Waals surface area contributed by atoms with Crippen molar-refractivity contribution in [1.29, 1.82) is 0 Å². The number of amides is 8. The molecule has 0 bridgehead atoms. The molecule has 6 aliphatic heterocycles. The van der Waals surface area contributed by atoms with Crippen LogP contribution in [-0.4, -0.2) is 187 Å².